The van der Waals surface area contributed by atoms with Crippen LogP contribution in [0.2, 0.25) is 0 Å². The van der Waals surface area contributed by atoms with Crippen LogP contribution in [0.3, 0.4) is 0 Å². The SMILES string of the molecule is CNC(COC(C)COC)c1cc(C)cc(C)c1. The second-order valence-electron chi connectivity index (χ2n) is 4.86. The lowest BCUT2D eigenvalue weighted by atomic mass is 10.0. The fourth-order valence-electron chi connectivity index (χ4n) is 2.10. The normalized spacial score (nSPS) is 14.5. The third-order valence-corrected chi connectivity index (χ3v) is 2.94. The highest BCUT2D eigenvalue weighted by Crippen LogP contribution is 2.17. The lowest BCUT2D eigenvalue weighted by molar-refractivity contribution is 0.000204. The third-order valence-electron chi connectivity index (χ3n) is 2.94. The van der Waals surface area contributed by atoms with Crippen LogP contribution in [0.5, 0.6) is 0 Å². The van der Waals surface area contributed by atoms with Crippen molar-refractivity contribution >= 4 is 0 Å². The van der Waals surface area contributed by atoms with Gasteiger partial charge in [0.15, 0.2) is 0 Å². The molecule has 0 fully saturated rings. The van der Waals surface area contributed by atoms with E-state index in [1.807, 2.05) is 14.0 Å². The van der Waals surface area contributed by atoms with Gasteiger partial charge in [-0.3, -0.25) is 0 Å². The van der Waals surface area contributed by atoms with Gasteiger partial charge in [0.2, 0.25) is 0 Å². The van der Waals surface area contributed by atoms with Crippen LogP contribution in [-0.4, -0.2) is 33.5 Å². The molecule has 1 aromatic carbocycles. The molecule has 0 heterocycles. The minimum atomic E-state index is 0.122. The van der Waals surface area contributed by atoms with Gasteiger partial charge < -0.3 is 14.8 Å². The molecule has 0 bridgehead atoms. The smallest absolute Gasteiger partial charge is 0.0781 e. The van der Waals surface area contributed by atoms with Gasteiger partial charge in [-0.25, -0.2) is 0 Å². The molecule has 0 amide bonds. The summed E-state index contributed by atoms with van der Waals surface area (Å²) in [4.78, 5) is 0. The second-order valence-corrected chi connectivity index (χ2v) is 4.86. The zero-order valence-corrected chi connectivity index (χ0v) is 12.1. The van der Waals surface area contributed by atoms with Crippen molar-refractivity contribution in [2.24, 2.45) is 0 Å². The Hall–Kier alpha value is -0.900. The fraction of sp³-hybridized carbons (Fsp3) is 0.600. The molecule has 2 atom stereocenters. The Labute approximate surface area is 110 Å². The van der Waals surface area contributed by atoms with Crippen molar-refractivity contribution in [1.82, 2.24) is 5.32 Å². The van der Waals surface area contributed by atoms with Crippen LogP contribution in [0.25, 0.3) is 0 Å². The van der Waals surface area contributed by atoms with E-state index in [0.29, 0.717) is 13.2 Å². The third kappa shape index (κ3) is 4.77. The van der Waals surface area contributed by atoms with Gasteiger partial charge in [-0.1, -0.05) is 29.3 Å². The first kappa shape index (κ1) is 15.2. The van der Waals surface area contributed by atoms with E-state index in [-0.39, 0.29) is 12.1 Å². The Balaban J connectivity index is 2.65. The number of aryl methyl sites for hydroxylation is 2. The summed E-state index contributed by atoms with van der Waals surface area (Å²) in [5.41, 5.74) is 3.85. The minimum Gasteiger partial charge on any atom is -0.382 e. The first-order chi connectivity index (χ1) is 8.56. The van der Waals surface area contributed by atoms with Crippen LogP contribution in [0.1, 0.15) is 29.7 Å². The molecule has 0 saturated heterocycles. The van der Waals surface area contributed by atoms with Crippen LogP contribution >= 0.6 is 0 Å². The van der Waals surface area contributed by atoms with Gasteiger partial charge in [0.1, 0.15) is 0 Å². The molecule has 0 aliphatic carbocycles. The summed E-state index contributed by atoms with van der Waals surface area (Å²) in [6.45, 7) is 7.56. The zero-order valence-electron chi connectivity index (χ0n) is 12.1. The number of rotatable bonds is 7. The average molecular weight is 251 g/mol. The van der Waals surface area contributed by atoms with E-state index in [1.165, 1.54) is 16.7 Å². The summed E-state index contributed by atoms with van der Waals surface area (Å²) in [6, 6.07) is 6.82. The Morgan fingerprint density at radius 2 is 1.72 bits per heavy atom. The molecule has 0 aliphatic rings. The topological polar surface area (TPSA) is 30.5 Å². The Kier molecular flexibility index (Phi) is 6.33. The van der Waals surface area contributed by atoms with Crippen LogP contribution < -0.4 is 5.32 Å². The second kappa shape index (κ2) is 7.52. The first-order valence-corrected chi connectivity index (χ1v) is 6.42. The number of hydrogen-bond donors (Lipinski definition) is 1. The molecule has 1 N–H and O–H groups in total. The Morgan fingerprint density at radius 3 is 2.22 bits per heavy atom. The van der Waals surface area contributed by atoms with E-state index in [4.69, 9.17) is 9.47 Å². The van der Waals surface area contributed by atoms with Crippen molar-refractivity contribution in [3.8, 4) is 0 Å². The van der Waals surface area contributed by atoms with Crippen molar-refractivity contribution in [3.63, 3.8) is 0 Å². The van der Waals surface area contributed by atoms with Crippen LogP contribution in [0, 0.1) is 13.8 Å². The number of benzene rings is 1. The number of ether oxygens (including phenoxy) is 2. The molecule has 0 aliphatic heterocycles. The summed E-state index contributed by atoms with van der Waals surface area (Å²) in [6.07, 6.45) is 0.122. The molecular formula is C15H25NO2. The lowest BCUT2D eigenvalue weighted by Gasteiger charge is -2.20. The summed E-state index contributed by atoms with van der Waals surface area (Å²) in [5.74, 6) is 0. The molecule has 18 heavy (non-hydrogen) atoms. The standard InChI is InChI=1S/C15H25NO2/c1-11-6-12(2)8-14(7-11)15(16-4)10-18-13(3)9-17-5/h6-8,13,15-16H,9-10H2,1-5H3. The van der Waals surface area contributed by atoms with E-state index >= 15 is 0 Å². The highest BCUT2D eigenvalue weighted by molar-refractivity contribution is 5.30. The van der Waals surface area contributed by atoms with Gasteiger partial charge in [0.05, 0.1) is 25.4 Å². The fourth-order valence-corrected chi connectivity index (χ4v) is 2.10. The molecule has 0 aromatic heterocycles. The molecule has 2 unspecified atom stereocenters. The number of hydrogen-bond acceptors (Lipinski definition) is 3. The predicted octanol–water partition coefficient (Wildman–Crippen LogP) is 2.62. The number of methoxy groups -OCH3 is 1. The summed E-state index contributed by atoms with van der Waals surface area (Å²) >= 11 is 0. The molecule has 1 rings (SSSR count). The van der Waals surface area contributed by atoms with Crippen LogP contribution in [-0.2, 0) is 9.47 Å². The number of likely N-dealkylation sites (N-methyl/N-ethyl adjacent to an activating group) is 1. The largest absolute Gasteiger partial charge is 0.382 e. The van der Waals surface area contributed by atoms with Gasteiger partial charge in [-0.2, -0.15) is 0 Å². The maximum absolute atomic E-state index is 5.78. The van der Waals surface area contributed by atoms with Gasteiger partial charge in [-0.15, -0.1) is 0 Å². The molecule has 0 spiro atoms. The van der Waals surface area contributed by atoms with Crippen molar-refractivity contribution < 1.29 is 9.47 Å². The van der Waals surface area contributed by atoms with Crippen LogP contribution in [0.15, 0.2) is 18.2 Å². The Morgan fingerprint density at radius 1 is 1.11 bits per heavy atom. The maximum atomic E-state index is 5.78. The molecular weight excluding hydrogens is 226 g/mol. The molecule has 1 aromatic rings. The van der Waals surface area contributed by atoms with E-state index in [9.17, 15) is 0 Å². The minimum absolute atomic E-state index is 0.122. The average Bonchev–Trinajstić information content (AvgIpc) is 2.29. The van der Waals surface area contributed by atoms with Crippen molar-refractivity contribution in [1.29, 1.82) is 0 Å². The van der Waals surface area contributed by atoms with Crippen molar-refractivity contribution in [3.05, 3.63) is 34.9 Å². The summed E-state index contributed by atoms with van der Waals surface area (Å²) in [5, 5.41) is 3.30. The van der Waals surface area contributed by atoms with E-state index < -0.39 is 0 Å². The van der Waals surface area contributed by atoms with Gasteiger partial charge >= 0.3 is 0 Å². The van der Waals surface area contributed by atoms with Crippen LogP contribution in [0.4, 0.5) is 0 Å². The molecule has 0 radical (unpaired) electrons. The van der Waals surface area contributed by atoms with E-state index in [1.54, 1.807) is 7.11 Å². The molecule has 0 saturated carbocycles. The summed E-state index contributed by atoms with van der Waals surface area (Å²) < 4.78 is 10.9. The van der Waals surface area contributed by atoms with Gasteiger partial charge in [0.25, 0.3) is 0 Å². The maximum Gasteiger partial charge on any atom is 0.0781 e. The van der Waals surface area contributed by atoms with E-state index in [0.717, 1.165) is 0 Å². The number of nitrogens with one attached hydrogen (secondary N) is 1. The monoisotopic (exact) mass is 251 g/mol. The van der Waals surface area contributed by atoms with Gasteiger partial charge in [0, 0.05) is 7.11 Å². The van der Waals surface area contributed by atoms with E-state index in [2.05, 4.69) is 37.4 Å². The molecule has 102 valence electrons. The highest BCUT2D eigenvalue weighted by Gasteiger charge is 2.12. The lowest BCUT2D eigenvalue weighted by Crippen LogP contribution is -2.26. The first-order valence-electron chi connectivity index (χ1n) is 6.42. The highest BCUT2D eigenvalue weighted by atomic mass is 16.5. The van der Waals surface area contributed by atoms with Gasteiger partial charge in [-0.05, 0) is 33.4 Å². The molecule has 3 heteroatoms. The van der Waals surface area contributed by atoms with Crippen molar-refractivity contribution in [2.45, 2.75) is 32.9 Å². The predicted molar refractivity (Wildman–Crippen MR) is 75.0 cm³/mol. The molecule has 3 nitrogen and oxygen atoms in total. The quantitative estimate of drug-likeness (QED) is 0.808. The zero-order chi connectivity index (χ0) is 13.5. The van der Waals surface area contributed by atoms with Crippen molar-refractivity contribution in [2.75, 3.05) is 27.4 Å². The Bertz CT molecular complexity index is 345. The summed E-state index contributed by atoms with van der Waals surface area (Å²) in [7, 11) is 3.66.